The third-order valence-electron chi connectivity index (χ3n) is 5.75. The Balaban J connectivity index is 1.61. The molecule has 1 atom stereocenters. The molecule has 0 saturated heterocycles. The van der Waals surface area contributed by atoms with Gasteiger partial charge in [0, 0.05) is 0 Å². The molecule has 1 aliphatic carbocycles. The zero-order valence-electron chi connectivity index (χ0n) is 14.2. The maximum Gasteiger partial charge on any atom is 0.120 e. The summed E-state index contributed by atoms with van der Waals surface area (Å²) in [7, 11) is 0. The van der Waals surface area contributed by atoms with Crippen LogP contribution in [0.2, 0.25) is 0 Å². The molecule has 2 heteroatoms. The van der Waals surface area contributed by atoms with Gasteiger partial charge in [0.25, 0.3) is 0 Å². The van der Waals surface area contributed by atoms with Crippen molar-refractivity contribution in [1.82, 2.24) is 0 Å². The van der Waals surface area contributed by atoms with Gasteiger partial charge in [-0.3, -0.25) is 0 Å². The molecular formula is C23H21NO. The zero-order chi connectivity index (χ0) is 16.8. The van der Waals surface area contributed by atoms with Gasteiger partial charge in [-0.15, -0.1) is 0 Å². The second-order valence-electron chi connectivity index (χ2n) is 7.03. The number of furan rings is 1. The Morgan fingerprint density at radius 1 is 0.920 bits per heavy atom. The van der Waals surface area contributed by atoms with Crippen LogP contribution < -0.4 is 5.73 Å². The Kier molecular flexibility index (Phi) is 3.39. The normalized spacial score (nSPS) is 17.1. The Hall–Kier alpha value is -2.58. The van der Waals surface area contributed by atoms with Gasteiger partial charge in [0.2, 0.25) is 0 Å². The average Bonchev–Trinajstić information content (AvgIpc) is 3.16. The number of hydrogen-bond acceptors (Lipinski definition) is 2. The first-order chi connectivity index (χ1) is 12.3. The SMILES string of the molecule is NCc1occc1[C@H]1CCc2c(ccc3c2ccc2ccccc23)C1. The van der Waals surface area contributed by atoms with Crippen molar-refractivity contribution in [3.63, 3.8) is 0 Å². The van der Waals surface area contributed by atoms with E-state index in [2.05, 4.69) is 54.6 Å². The molecule has 1 heterocycles. The topological polar surface area (TPSA) is 39.2 Å². The van der Waals surface area contributed by atoms with Crippen LogP contribution in [0.5, 0.6) is 0 Å². The minimum Gasteiger partial charge on any atom is -0.468 e. The number of benzene rings is 3. The van der Waals surface area contributed by atoms with Crippen molar-refractivity contribution in [2.24, 2.45) is 5.73 Å². The molecule has 1 aliphatic rings. The van der Waals surface area contributed by atoms with E-state index in [1.165, 1.54) is 38.2 Å². The summed E-state index contributed by atoms with van der Waals surface area (Å²) < 4.78 is 5.55. The number of rotatable bonds is 2. The predicted molar refractivity (Wildman–Crippen MR) is 103 cm³/mol. The van der Waals surface area contributed by atoms with Crippen LogP contribution in [0, 0.1) is 0 Å². The molecule has 1 aromatic heterocycles. The summed E-state index contributed by atoms with van der Waals surface area (Å²) >= 11 is 0. The summed E-state index contributed by atoms with van der Waals surface area (Å²) in [6, 6.07) is 20.0. The van der Waals surface area contributed by atoms with Gasteiger partial charge < -0.3 is 10.2 Å². The Morgan fingerprint density at radius 2 is 1.80 bits per heavy atom. The third-order valence-corrected chi connectivity index (χ3v) is 5.75. The van der Waals surface area contributed by atoms with Crippen LogP contribution in [0.3, 0.4) is 0 Å². The molecule has 0 amide bonds. The van der Waals surface area contributed by atoms with E-state index in [4.69, 9.17) is 10.2 Å². The monoisotopic (exact) mass is 327 g/mol. The zero-order valence-corrected chi connectivity index (χ0v) is 14.2. The quantitative estimate of drug-likeness (QED) is 0.506. The Morgan fingerprint density at radius 3 is 2.72 bits per heavy atom. The highest BCUT2D eigenvalue weighted by molar-refractivity contribution is 6.08. The van der Waals surface area contributed by atoms with E-state index in [0.717, 1.165) is 25.0 Å². The lowest BCUT2D eigenvalue weighted by molar-refractivity contribution is 0.493. The summed E-state index contributed by atoms with van der Waals surface area (Å²) in [4.78, 5) is 0. The Bertz CT molecular complexity index is 1080. The standard InChI is InChI=1S/C23H21NO/c24-14-23-20(11-12-25-23)17-6-8-19-16(13-17)7-10-21-18-4-2-1-3-15(18)5-9-22(19)21/h1-5,7,9-12,17H,6,8,13-14,24H2/t17-/m0/s1. The van der Waals surface area contributed by atoms with E-state index >= 15 is 0 Å². The first-order valence-corrected chi connectivity index (χ1v) is 9.03. The van der Waals surface area contributed by atoms with E-state index in [1.807, 2.05) is 0 Å². The molecule has 4 aromatic rings. The highest BCUT2D eigenvalue weighted by atomic mass is 16.3. The number of hydrogen-bond donors (Lipinski definition) is 1. The fourth-order valence-electron chi connectivity index (χ4n) is 4.51. The third kappa shape index (κ3) is 2.29. The molecule has 2 N–H and O–H groups in total. The molecule has 3 aromatic carbocycles. The average molecular weight is 327 g/mol. The molecule has 0 radical (unpaired) electrons. The van der Waals surface area contributed by atoms with Gasteiger partial charge in [-0.2, -0.15) is 0 Å². The molecule has 0 spiro atoms. The maximum absolute atomic E-state index is 5.83. The lowest BCUT2D eigenvalue weighted by Gasteiger charge is -2.26. The second-order valence-corrected chi connectivity index (χ2v) is 7.03. The van der Waals surface area contributed by atoms with Crippen molar-refractivity contribution in [3.05, 3.63) is 83.3 Å². The van der Waals surface area contributed by atoms with E-state index in [0.29, 0.717) is 12.5 Å². The van der Waals surface area contributed by atoms with E-state index in [-0.39, 0.29) is 0 Å². The lowest BCUT2D eigenvalue weighted by Crippen LogP contribution is -2.14. The Labute approximate surface area is 147 Å². The summed E-state index contributed by atoms with van der Waals surface area (Å²) in [6.07, 6.45) is 5.13. The van der Waals surface area contributed by atoms with Gasteiger partial charge in [0.05, 0.1) is 12.8 Å². The molecule has 0 unspecified atom stereocenters. The van der Waals surface area contributed by atoms with Gasteiger partial charge in [0.1, 0.15) is 5.76 Å². The van der Waals surface area contributed by atoms with Crippen LogP contribution in [0.4, 0.5) is 0 Å². The molecule has 0 fully saturated rings. The summed E-state index contributed by atoms with van der Waals surface area (Å²) in [5.41, 5.74) is 10.1. The highest BCUT2D eigenvalue weighted by Crippen LogP contribution is 2.39. The maximum atomic E-state index is 5.83. The van der Waals surface area contributed by atoms with E-state index in [1.54, 1.807) is 6.26 Å². The lowest BCUT2D eigenvalue weighted by atomic mass is 9.78. The molecule has 124 valence electrons. The van der Waals surface area contributed by atoms with Crippen molar-refractivity contribution < 1.29 is 4.42 Å². The van der Waals surface area contributed by atoms with E-state index in [9.17, 15) is 0 Å². The molecule has 0 bridgehead atoms. The largest absolute Gasteiger partial charge is 0.468 e. The summed E-state index contributed by atoms with van der Waals surface area (Å²) in [5.74, 6) is 1.46. The van der Waals surface area contributed by atoms with Gasteiger partial charge in [-0.1, -0.05) is 48.5 Å². The minimum absolute atomic E-state index is 0.482. The van der Waals surface area contributed by atoms with Gasteiger partial charge in [-0.05, 0) is 69.5 Å². The van der Waals surface area contributed by atoms with Crippen molar-refractivity contribution in [3.8, 4) is 0 Å². The smallest absolute Gasteiger partial charge is 0.120 e. The van der Waals surface area contributed by atoms with Crippen LogP contribution in [-0.4, -0.2) is 0 Å². The van der Waals surface area contributed by atoms with Crippen molar-refractivity contribution >= 4 is 21.5 Å². The number of aryl methyl sites for hydroxylation is 1. The molecule has 25 heavy (non-hydrogen) atoms. The van der Waals surface area contributed by atoms with Gasteiger partial charge >= 0.3 is 0 Å². The minimum atomic E-state index is 0.482. The summed E-state index contributed by atoms with van der Waals surface area (Å²) in [5, 5.41) is 5.46. The highest BCUT2D eigenvalue weighted by Gasteiger charge is 2.24. The van der Waals surface area contributed by atoms with Crippen LogP contribution in [0.1, 0.15) is 34.8 Å². The van der Waals surface area contributed by atoms with Crippen LogP contribution in [0.25, 0.3) is 21.5 Å². The molecule has 0 aliphatic heterocycles. The number of fused-ring (bicyclic) bond motifs is 5. The summed E-state index contributed by atoms with van der Waals surface area (Å²) in [6.45, 7) is 0.482. The van der Waals surface area contributed by atoms with E-state index < -0.39 is 0 Å². The molecular weight excluding hydrogens is 306 g/mol. The molecule has 5 rings (SSSR count). The second kappa shape index (κ2) is 5.75. The molecule has 2 nitrogen and oxygen atoms in total. The predicted octanol–water partition coefficient (Wildman–Crippen LogP) is 5.32. The fraction of sp³-hybridized carbons (Fsp3) is 0.217. The molecule has 0 saturated carbocycles. The van der Waals surface area contributed by atoms with Crippen LogP contribution >= 0.6 is 0 Å². The van der Waals surface area contributed by atoms with Crippen LogP contribution in [-0.2, 0) is 19.4 Å². The number of nitrogens with two attached hydrogens (primary N) is 1. The fourth-order valence-corrected chi connectivity index (χ4v) is 4.51. The van der Waals surface area contributed by atoms with Crippen LogP contribution in [0.15, 0.2) is 65.3 Å². The van der Waals surface area contributed by atoms with Crippen molar-refractivity contribution in [2.75, 3.05) is 0 Å². The first-order valence-electron chi connectivity index (χ1n) is 9.03. The van der Waals surface area contributed by atoms with Gasteiger partial charge in [0.15, 0.2) is 0 Å². The van der Waals surface area contributed by atoms with Crippen molar-refractivity contribution in [2.45, 2.75) is 31.7 Å². The van der Waals surface area contributed by atoms with Gasteiger partial charge in [-0.25, -0.2) is 0 Å². The first kappa shape index (κ1) is 14.7. The van der Waals surface area contributed by atoms with Crippen molar-refractivity contribution in [1.29, 1.82) is 0 Å².